The van der Waals surface area contributed by atoms with E-state index in [1.165, 1.54) is 48.8 Å². The fourth-order valence-electron chi connectivity index (χ4n) is 13.0. The summed E-state index contributed by atoms with van der Waals surface area (Å²) in [5.41, 5.74) is 5.85. The number of H-pyrrole nitrogens is 1. The van der Waals surface area contributed by atoms with E-state index in [1.54, 1.807) is 0 Å². The second-order valence-corrected chi connectivity index (χ2v) is 16.8. The molecule has 0 radical (unpaired) electrons. The van der Waals surface area contributed by atoms with Crippen LogP contribution in [0.2, 0.25) is 0 Å². The molecule has 5 nitrogen and oxygen atoms in total. The van der Waals surface area contributed by atoms with Crippen LogP contribution in [-0.4, -0.2) is 26.4 Å². The van der Waals surface area contributed by atoms with Gasteiger partial charge in [-0.1, -0.05) is 71.0 Å². The Morgan fingerprint density at radius 2 is 1.67 bits per heavy atom. The van der Waals surface area contributed by atoms with Crippen LogP contribution < -0.4 is 0 Å². The number of allylic oxidation sites excluding steroid dienone is 3. The maximum atomic E-state index is 13.4. The summed E-state index contributed by atoms with van der Waals surface area (Å²) in [6, 6.07) is 8.73. The number of aromatic amines is 1. The Labute approximate surface area is 258 Å². The molecule has 7 rings (SSSR count). The van der Waals surface area contributed by atoms with E-state index in [4.69, 9.17) is 0 Å². The minimum Gasteiger partial charge on any atom is -0.299 e. The van der Waals surface area contributed by atoms with Crippen LogP contribution in [0.5, 0.6) is 0 Å². The number of hydrogen-bond donors (Lipinski definition) is 1. The molecule has 1 N–H and O–H groups in total. The van der Waals surface area contributed by atoms with Crippen molar-refractivity contribution in [2.45, 2.75) is 106 Å². The van der Waals surface area contributed by atoms with E-state index in [1.807, 2.05) is 6.92 Å². The lowest BCUT2D eigenvalue weighted by Crippen LogP contribution is -2.65. The maximum absolute atomic E-state index is 13.4. The second-order valence-electron chi connectivity index (χ2n) is 16.8. The predicted molar refractivity (Wildman–Crippen MR) is 173 cm³/mol. The molecule has 230 valence electrons. The molecule has 0 bridgehead atoms. The lowest BCUT2D eigenvalue weighted by atomic mass is 9.32. The Hall–Kier alpha value is -2.56. The fourth-order valence-corrected chi connectivity index (χ4v) is 13.0. The Balaban J connectivity index is 1.25. The van der Waals surface area contributed by atoms with Gasteiger partial charge in [-0.2, -0.15) is 5.21 Å². The van der Waals surface area contributed by atoms with E-state index in [2.05, 4.69) is 99.1 Å². The van der Waals surface area contributed by atoms with Crippen molar-refractivity contribution in [1.82, 2.24) is 20.6 Å². The molecule has 5 aliphatic rings. The van der Waals surface area contributed by atoms with Crippen LogP contribution in [0.25, 0.3) is 17.0 Å². The summed E-state index contributed by atoms with van der Waals surface area (Å²) in [6.45, 7) is 21.7. The Kier molecular flexibility index (Phi) is 6.42. The normalized spacial score (nSPS) is 43.0. The highest BCUT2D eigenvalue weighted by Gasteiger charge is 2.71. The van der Waals surface area contributed by atoms with Gasteiger partial charge in [0.25, 0.3) is 0 Å². The summed E-state index contributed by atoms with van der Waals surface area (Å²) in [5, 5.41) is 14.9. The summed E-state index contributed by atoms with van der Waals surface area (Å²) < 4.78 is 0. The molecule has 0 spiro atoms. The number of carbonyl (C=O) groups is 1. The van der Waals surface area contributed by atoms with Crippen LogP contribution >= 0.6 is 0 Å². The second kappa shape index (κ2) is 9.47. The number of hydrogen-bond acceptors (Lipinski definition) is 4. The highest BCUT2D eigenvalue weighted by atomic mass is 16.1. The molecule has 9 atom stereocenters. The molecule has 0 amide bonds. The molecular formula is C38H52N4O. The van der Waals surface area contributed by atoms with Crippen LogP contribution in [-0.2, 0) is 4.79 Å². The number of rotatable bonds is 4. The first kappa shape index (κ1) is 29.2. The molecule has 5 heteroatoms. The van der Waals surface area contributed by atoms with Crippen molar-refractivity contribution in [3.63, 3.8) is 0 Å². The molecule has 5 aliphatic carbocycles. The topological polar surface area (TPSA) is 71.5 Å². The highest BCUT2D eigenvalue weighted by molar-refractivity contribution is 5.83. The van der Waals surface area contributed by atoms with Gasteiger partial charge in [0, 0.05) is 11.0 Å². The van der Waals surface area contributed by atoms with Crippen LogP contribution in [0.1, 0.15) is 112 Å². The number of ketones is 1. The molecule has 0 unspecified atom stereocenters. The fraction of sp³-hybridized carbons (Fsp3) is 0.684. The highest BCUT2D eigenvalue weighted by Crippen LogP contribution is 2.77. The third-order valence-corrected chi connectivity index (χ3v) is 15.1. The minimum atomic E-state index is -0.113. The van der Waals surface area contributed by atoms with E-state index in [0.29, 0.717) is 41.2 Å². The van der Waals surface area contributed by atoms with Crippen molar-refractivity contribution in [1.29, 1.82) is 0 Å². The largest absolute Gasteiger partial charge is 0.299 e. The molecule has 2 aromatic rings. The van der Waals surface area contributed by atoms with Crippen molar-refractivity contribution in [2.24, 2.45) is 56.7 Å². The van der Waals surface area contributed by atoms with Gasteiger partial charge in [0.2, 0.25) is 5.82 Å². The average Bonchev–Trinajstić information content (AvgIpc) is 3.63. The lowest BCUT2D eigenvalue weighted by molar-refractivity contribution is -0.224. The van der Waals surface area contributed by atoms with Gasteiger partial charge in [0.1, 0.15) is 5.78 Å². The van der Waals surface area contributed by atoms with Gasteiger partial charge in [0.05, 0.1) is 0 Å². The Morgan fingerprint density at radius 3 is 2.37 bits per heavy atom. The van der Waals surface area contributed by atoms with Crippen LogP contribution in [0, 0.1) is 56.7 Å². The number of aromatic nitrogens is 4. The van der Waals surface area contributed by atoms with Gasteiger partial charge in [-0.05, 0) is 145 Å². The van der Waals surface area contributed by atoms with Gasteiger partial charge in [-0.3, -0.25) is 4.79 Å². The number of Topliss-reactive ketones (excluding diaryl/α,β-unsaturated/α-hetero) is 1. The lowest BCUT2D eigenvalue weighted by Gasteiger charge is -2.72. The van der Waals surface area contributed by atoms with Gasteiger partial charge in [-0.25, -0.2) is 0 Å². The van der Waals surface area contributed by atoms with Crippen LogP contribution in [0.4, 0.5) is 0 Å². The van der Waals surface area contributed by atoms with Gasteiger partial charge in [0.15, 0.2) is 0 Å². The van der Waals surface area contributed by atoms with Crippen LogP contribution in [0.15, 0.2) is 42.5 Å². The van der Waals surface area contributed by atoms with Gasteiger partial charge < -0.3 is 0 Å². The molecule has 0 saturated heterocycles. The van der Waals surface area contributed by atoms with Crippen molar-refractivity contribution >= 4 is 11.4 Å². The zero-order valence-corrected chi connectivity index (χ0v) is 27.6. The smallest absolute Gasteiger partial charge is 0.204 e. The maximum Gasteiger partial charge on any atom is 0.204 e. The minimum absolute atomic E-state index is 0.0643. The number of fused-ring (bicyclic) bond motifs is 7. The number of benzene rings is 1. The monoisotopic (exact) mass is 580 g/mol. The first-order valence-electron chi connectivity index (χ1n) is 17.0. The zero-order valence-electron chi connectivity index (χ0n) is 27.6. The van der Waals surface area contributed by atoms with E-state index >= 15 is 0 Å². The molecule has 4 fully saturated rings. The summed E-state index contributed by atoms with van der Waals surface area (Å²) in [7, 11) is 0. The van der Waals surface area contributed by atoms with Crippen molar-refractivity contribution < 1.29 is 4.79 Å². The quantitative estimate of drug-likeness (QED) is 0.366. The van der Waals surface area contributed by atoms with Gasteiger partial charge >= 0.3 is 0 Å². The van der Waals surface area contributed by atoms with Crippen molar-refractivity contribution in [3.05, 3.63) is 48.1 Å². The molecule has 4 saturated carbocycles. The summed E-state index contributed by atoms with van der Waals surface area (Å²) in [6.07, 6.45) is 13.4. The molecule has 1 heterocycles. The molecular weight excluding hydrogens is 528 g/mol. The average molecular weight is 581 g/mol. The standard InChI is InChI=1S/C38H52N4O/c1-23(2)27-14-19-38(24(3)43)21-20-36(7)29(32(27)38)12-13-31-35(6)17-15-28(34(4,5)30(35)16-18-37(31,36)8)25-10-9-11-26(22-25)33-39-41-42-40-33/h9-11,15,22,27,29-32H,1,12-14,16-21H2,2-8H3,(H,39,40,41,42)/t27-,29+,30-,31+,32+,35-,36+,37+,38+/m0/s1. The predicted octanol–water partition coefficient (Wildman–Crippen LogP) is 9.11. The van der Waals surface area contributed by atoms with E-state index in [-0.39, 0.29) is 27.1 Å². The molecule has 0 aliphatic heterocycles. The summed E-state index contributed by atoms with van der Waals surface area (Å²) >= 11 is 0. The summed E-state index contributed by atoms with van der Waals surface area (Å²) in [4.78, 5) is 13.4. The number of nitrogens with zero attached hydrogens (tertiary/aromatic N) is 3. The van der Waals surface area contributed by atoms with Crippen molar-refractivity contribution in [3.8, 4) is 11.4 Å². The first-order valence-corrected chi connectivity index (χ1v) is 17.0. The van der Waals surface area contributed by atoms with E-state index in [9.17, 15) is 4.79 Å². The molecule has 43 heavy (non-hydrogen) atoms. The van der Waals surface area contributed by atoms with E-state index in [0.717, 1.165) is 31.2 Å². The third kappa shape index (κ3) is 3.75. The number of tetrazole rings is 1. The number of carbonyl (C=O) groups excluding carboxylic acids is 1. The Morgan fingerprint density at radius 1 is 0.907 bits per heavy atom. The zero-order chi connectivity index (χ0) is 30.6. The molecule has 1 aromatic carbocycles. The first-order chi connectivity index (χ1) is 20.3. The third-order valence-electron chi connectivity index (χ3n) is 15.1. The molecule has 1 aromatic heterocycles. The number of nitrogens with one attached hydrogen (secondary N) is 1. The SMILES string of the molecule is C=C(C)[C@@H]1CC[C@]2(C(C)=O)CC[C@]3(C)[C@H](CC[C@@H]4[C@@]5(C)CC=C(c6cccc(-c7nn[nH]n7)c6)C(C)(C)[C@@H]5CC[C@]43C)[C@@H]12. The van der Waals surface area contributed by atoms with Crippen molar-refractivity contribution in [2.75, 3.05) is 0 Å². The van der Waals surface area contributed by atoms with Gasteiger partial charge in [-0.15, -0.1) is 10.2 Å². The Bertz CT molecular complexity index is 1490. The van der Waals surface area contributed by atoms with Crippen LogP contribution in [0.3, 0.4) is 0 Å². The summed E-state index contributed by atoms with van der Waals surface area (Å²) in [5.74, 6) is 4.02. The van der Waals surface area contributed by atoms with E-state index < -0.39 is 0 Å².